The van der Waals surface area contributed by atoms with Gasteiger partial charge in [0, 0.05) is 18.9 Å². The molecule has 2 amide bonds. The van der Waals surface area contributed by atoms with Gasteiger partial charge in [0.05, 0.1) is 6.54 Å². The third-order valence-electron chi connectivity index (χ3n) is 1.88. The van der Waals surface area contributed by atoms with Crippen molar-refractivity contribution >= 4 is 23.6 Å². The molecule has 80 valence electrons. The summed E-state index contributed by atoms with van der Waals surface area (Å²) >= 11 is 0. The molecule has 0 atom stereocenters. The molecule has 0 aromatic carbocycles. The zero-order chi connectivity index (χ0) is 11.4. The van der Waals surface area contributed by atoms with Crippen LogP contribution in [-0.2, 0) is 19.2 Å². The number of rotatable bonds is 4. The average Bonchev–Trinajstić information content (AvgIpc) is 2.46. The van der Waals surface area contributed by atoms with Crippen molar-refractivity contribution in [3.63, 3.8) is 0 Å². The lowest BCUT2D eigenvalue weighted by Crippen LogP contribution is -2.33. The largest absolute Gasteiger partial charge is 0.478 e. The van der Waals surface area contributed by atoms with Gasteiger partial charge in [-0.25, -0.2) is 4.79 Å². The summed E-state index contributed by atoms with van der Waals surface area (Å²) in [5.41, 5.74) is 0. The highest BCUT2D eigenvalue weighted by Gasteiger charge is 2.29. The molecule has 1 aliphatic heterocycles. The third-order valence-corrected chi connectivity index (χ3v) is 1.88. The molecule has 6 nitrogen and oxygen atoms in total. The van der Waals surface area contributed by atoms with Crippen LogP contribution in [-0.4, -0.2) is 40.1 Å². The summed E-state index contributed by atoms with van der Waals surface area (Å²) in [4.78, 5) is 44.2. The van der Waals surface area contributed by atoms with E-state index < -0.39 is 23.6 Å². The first-order valence-electron chi connectivity index (χ1n) is 4.27. The van der Waals surface area contributed by atoms with Gasteiger partial charge in [0.15, 0.2) is 5.78 Å². The van der Waals surface area contributed by atoms with Crippen molar-refractivity contribution in [1.29, 1.82) is 0 Å². The summed E-state index contributed by atoms with van der Waals surface area (Å²) in [5.74, 6) is -2.61. The van der Waals surface area contributed by atoms with Crippen molar-refractivity contribution in [2.45, 2.75) is 12.8 Å². The Hall–Kier alpha value is -1.98. The van der Waals surface area contributed by atoms with Gasteiger partial charge in [0.25, 0.3) is 0 Å². The fourth-order valence-electron chi connectivity index (χ4n) is 1.17. The van der Waals surface area contributed by atoms with E-state index in [0.29, 0.717) is 6.08 Å². The number of aliphatic carboxylic acids is 1. The van der Waals surface area contributed by atoms with E-state index in [4.69, 9.17) is 5.11 Å². The van der Waals surface area contributed by atoms with E-state index in [1.54, 1.807) is 0 Å². The summed E-state index contributed by atoms with van der Waals surface area (Å²) < 4.78 is 0. The van der Waals surface area contributed by atoms with Crippen LogP contribution < -0.4 is 0 Å². The normalized spacial score (nSPS) is 16.4. The van der Waals surface area contributed by atoms with Crippen LogP contribution in [0.15, 0.2) is 12.2 Å². The monoisotopic (exact) mass is 211 g/mol. The minimum absolute atomic E-state index is 0.120. The molecule has 15 heavy (non-hydrogen) atoms. The quantitative estimate of drug-likeness (QED) is 0.492. The molecular weight excluding hydrogens is 202 g/mol. The topological polar surface area (TPSA) is 91.8 Å². The van der Waals surface area contributed by atoms with Crippen molar-refractivity contribution in [3.05, 3.63) is 12.2 Å². The predicted molar refractivity (Wildman–Crippen MR) is 47.7 cm³/mol. The smallest absolute Gasteiger partial charge is 0.328 e. The molecule has 0 radical (unpaired) electrons. The van der Waals surface area contributed by atoms with Crippen LogP contribution in [0.1, 0.15) is 12.8 Å². The van der Waals surface area contributed by atoms with Crippen LogP contribution in [0.2, 0.25) is 0 Å². The van der Waals surface area contributed by atoms with Crippen LogP contribution in [0, 0.1) is 0 Å². The molecule has 1 rings (SSSR count). The van der Waals surface area contributed by atoms with Gasteiger partial charge in [0.1, 0.15) is 0 Å². The number of nitrogens with zero attached hydrogens (tertiary/aromatic N) is 1. The van der Waals surface area contributed by atoms with Gasteiger partial charge in [-0.3, -0.25) is 19.3 Å². The Balaban J connectivity index is 2.54. The summed E-state index contributed by atoms with van der Waals surface area (Å²) in [6, 6.07) is 0. The maximum Gasteiger partial charge on any atom is 0.328 e. The maximum absolute atomic E-state index is 11.1. The highest BCUT2D eigenvalue weighted by molar-refractivity contribution is 6.06. The summed E-state index contributed by atoms with van der Waals surface area (Å²) in [6.45, 7) is -0.374. The molecule has 1 N–H and O–H groups in total. The highest BCUT2D eigenvalue weighted by atomic mass is 16.4. The lowest BCUT2D eigenvalue weighted by Gasteiger charge is -2.10. The molecule has 0 bridgehead atoms. The minimum Gasteiger partial charge on any atom is -0.478 e. The number of carboxylic acid groups (broad SMARTS) is 1. The second-order valence-electron chi connectivity index (χ2n) is 3.01. The zero-order valence-corrected chi connectivity index (χ0v) is 7.80. The second-order valence-corrected chi connectivity index (χ2v) is 3.01. The van der Waals surface area contributed by atoms with Crippen LogP contribution in [0.3, 0.4) is 0 Å². The molecule has 0 spiro atoms. The summed E-state index contributed by atoms with van der Waals surface area (Å²) in [6.07, 6.45) is 1.75. The number of carbonyl (C=O) groups excluding carboxylic acids is 3. The Bertz CT molecular complexity index is 342. The van der Waals surface area contributed by atoms with Gasteiger partial charge in [0.2, 0.25) is 11.8 Å². The summed E-state index contributed by atoms with van der Waals surface area (Å²) in [5, 5.41) is 8.24. The Kier molecular flexibility index (Phi) is 3.33. The van der Waals surface area contributed by atoms with Crippen LogP contribution in [0.25, 0.3) is 0 Å². The number of imide groups is 1. The van der Waals surface area contributed by atoms with Crippen molar-refractivity contribution in [2.24, 2.45) is 0 Å². The van der Waals surface area contributed by atoms with Crippen molar-refractivity contribution < 1.29 is 24.3 Å². The molecule has 0 saturated carbocycles. The van der Waals surface area contributed by atoms with Gasteiger partial charge in [-0.2, -0.15) is 0 Å². The molecule has 1 aliphatic rings. The van der Waals surface area contributed by atoms with Crippen LogP contribution in [0.5, 0.6) is 0 Å². The lowest BCUT2D eigenvalue weighted by atomic mass is 10.3. The van der Waals surface area contributed by atoms with Crippen molar-refractivity contribution in [3.8, 4) is 0 Å². The number of carboxylic acids is 1. The van der Waals surface area contributed by atoms with E-state index in [1.807, 2.05) is 0 Å². The first-order chi connectivity index (χ1) is 7.00. The SMILES string of the molecule is O=C(O)/C=C/C(=O)CN1C(=O)CCC1=O. The molecule has 0 aromatic rings. The predicted octanol–water partition coefficient (Wildman–Crippen LogP) is -0.655. The molecule has 0 aliphatic carbocycles. The van der Waals surface area contributed by atoms with Crippen LogP contribution >= 0.6 is 0 Å². The minimum atomic E-state index is -1.25. The van der Waals surface area contributed by atoms with E-state index in [2.05, 4.69) is 0 Å². The Labute approximate surface area is 85.2 Å². The van der Waals surface area contributed by atoms with E-state index in [9.17, 15) is 19.2 Å². The molecule has 1 saturated heterocycles. The Morgan fingerprint density at radius 3 is 2.20 bits per heavy atom. The molecule has 0 unspecified atom stereocenters. The molecule has 0 aromatic heterocycles. The van der Waals surface area contributed by atoms with Crippen molar-refractivity contribution in [2.75, 3.05) is 6.54 Å². The molecule has 1 heterocycles. The fraction of sp³-hybridized carbons (Fsp3) is 0.333. The van der Waals surface area contributed by atoms with E-state index in [-0.39, 0.29) is 19.4 Å². The maximum atomic E-state index is 11.1. The third kappa shape index (κ3) is 3.01. The van der Waals surface area contributed by atoms with Gasteiger partial charge in [-0.05, 0) is 6.08 Å². The number of ketones is 1. The summed E-state index contributed by atoms with van der Waals surface area (Å²) in [7, 11) is 0. The number of likely N-dealkylation sites (tertiary alicyclic amines) is 1. The zero-order valence-electron chi connectivity index (χ0n) is 7.80. The standard InChI is InChI=1S/C9H9NO5/c11-6(1-4-9(14)15)5-10-7(12)2-3-8(10)13/h1,4H,2-3,5H2,(H,14,15)/b4-1+. The number of carbonyl (C=O) groups is 4. The second kappa shape index (κ2) is 4.50. The van der Waals surface area contributed by atoms with E-state index >= 15 is 0 Å². The van der Waals surface area contributed by atoms with E-state index in [0.717, 1.165) is 11.0 Å². The van der Waals surface area contributed by atoms with E-state index in [1.165, 1.54) is 0 Å². The van der Waals surface area contributed by atoms with Gasteiger partial charge in [-0.15, -0.1) is 0 Å². The number of hydrogen-bond acceptors (Lipinski definition) is 4. The Morgan fingerprint density at radius 1 is 1.20 bits per heavy atom. The molecule has 6 heteroatoms. The number of hydrogen-bond donors (Lipinski definition) is 1. The first-order valence-corrected chi connectivity index (χ1v) is 4.27. The number of amides is 2. The van der Waals surface area contributed by atoms with Gasteiger partial charge < -0.3 is 5.11 Å². The van der Waals surface area contributed by atoms with Crippen molar-refractivity contribution in [1.82, 2.24) is 4.90 Å². The molecular formula is C9H9NO5. The molecule has 1 fully saturated rings. The van der Waals surface area contributed by atoms with Crippen LogP contribution in [0.4, 0.5) is 0 Å². The fourth-order valence-corrected chi connectivity index (χ4v) is 1.17. The lowest BCUT2D eigenvalue weighted by molar-refractivity contribution is -0.141. The highest BCUT2D eigenvalue weighted by Crippen LogP contribution is 2.10. The average molecular weight is 211 g/mol. The van der Waals surface area contributed by atoms with Gasteiger partial charge in [-0.1, -0.05) is 0 Å². The first kappa shape index (κ1) is 11.1. The van der Waals surface area contributed by atoms with Gasteiger partial charge >= 0.3 is 5.97 Å². The Morgan fingerprint density at radius 2 is 1.73 bits per heavy atom.